The summed E-state index contributed by atoms with van der Waals surface area (Å²) in [5.74, 6) is 2.07. The van der Waals surface area contributed by atoms with Crippen LogP contribution < -0.4 is 10.1 Å². The van der Waals surface area contributed by atoms with Crippen LogP contribution in [0.15, 0.2) is 41.1 Å². The van der Waals surface area contributed by atoms with Crippen LogP contribution in [0.25, 0.3) is 22.3 Å². The molecule has 0 bridgehead atoms. The molecule has 0 saturated carbocycles. The van der Waals surface area contributed by atoms with E-state index in [0.717, 1.165) is 32.5 Å². The van der Waals surface area contributed by atoms with E-state index in [9.17, 15) is 0 Å². The molecule has 0 aliphatic rings. The maximum Gasteiger partial charge on any atom is 0.163 e. The molecular weight excluding hydrogens is 332 g/mol. The normalized spacial score (nSPS) is 10.6. The van der Waals surface area contributed by atoms with Gasteiger partial charge in [0.25, 0.3) is 0 Å². The molecule has 0 fully saturated rings. The molecule has 0 radical (unpaired) electrons. The first-order valence-electron chi connectivity index (χ1n) is 6.37. The molecule has 0 saturated heterocycles. The lowest BCUT2D eigenvalue weighted by molar-refractivity contribution is 0.419. The van der Waals surface area contributed by atoms with E-state index in [2.05, 4.69) is 36.2 Å². The van der Waals surface area contributed by atoms with Gasteiger partial charge in [-0.3, -0.25) is 4.98 Å². The van der Waals surface area contributed by atoms with Crippen molar-refractivity contribution in [3.05, 3.63) is 41.1 Å². The maximum absolute atomic E-state index is 5.42. The number of anilines is 1. The van der Waals surface area contributed by atoms with E-state index in [1.807, 2.05) is 31.3 Å². The van der Waals surface area contributed by atoms with Gasteiger partial charge in [0.2, 0.25) is 0 Å². The summed E-state index contributed by atoms with van der Waals surface area (Å²) in [7, 11) is 3.46. The Bertz CT molecular complexity index is 793. The van der Waals surface area contributed by atoms with Crippen molar-refractivity contribution in [1.82, 2.24) is 15.0 Å². The highest BCUT2D eigenvalue weighted by atomic mass is 79.9. The number of rotatable bonds is 3. The largest absolute Gasteiger partial charge is 0.496 e. The predicted molar refractivity (Wildman–Crippen MR) is 86.6 cm³/mol. The van der Waals surface area contributed by atoms with Crippen LogP contribution >= 0.6 is 15.9 Å². The first-order valence-corrected chi connectivity index (χ1v) is 7.16. The molecule has 6 heteroatoms. The van der Waals surface area contributed by atoms with E-state index < -0.39 is 0 Å². The van der Waals surface area contributed by atoms with Crippen LogP contribution in [0.1, 0.15) is 0 Å². The van der Waals surface area contributed by atoms with E-state index in [1.165, 1.54) is 0 Å². The highest BCUT2D eigenvalue weighted by Crippen LogP contribution is 2.35. The molecule has 0 aliphatic carbocycles. The van der Waals surface area contributed by atoms with Crippen molar-refractivity contribution in [1.29, 1.82) is 0 Å². The van der Waals surface area contributed by atoms with Crippen molar-refractivity contribution in [2.75, 3.05) is 19.5 Å². The number of halogens is 1. The van der Waals surface area contributed by atoms with Crippen molar-refractivity contribution in [3.8, 4) is 17.1 Å². The summed E-state index contributed by atoms with van der Waals surface area (Å²) in [6.45, 7) is 0. The van der Waals surface area contributed by atoms with Gasteiger partial charge < -0.3 is 10.1 Å². The first-order chi connectivity index (χ1) is 10.2. The van der Waals surface area contributed by atoms with Gasteiger partial charge in [-0.2, -0.15) is 0 Å². The molecule has 1 aromatic carbocycles. The number of aromatic nitrogens is 3. The van der Waals surface area contributed by atoms with Gasteiger partial charge in [0.15, 0.2) is 5.82 Å². The second-order valence-corrected chi connectivity index (χ2v) is 5.22. The second-order valence-electron chi connectivity index (χ2n) is 4.36. The first kappa shape index (κ1) is 13.8. The zero-order chi connectivity index (χ0) is 14.8. The lowest BCUT2D eigenvalue weighted by atomic mass is 10.2. The van der Waals surface area contributed by atoms with E-state index in [4.69, 9.17) is 4.74 Å². The molecule has 0 unspecified atom stereocenters. The molecule has 0 spiro atoms. The Hall–Kier alpha value is -2.21. The molecule has 2 aromatic heterocycles. The fourth-order valence-corrected chi connectivity index (χ4v) is 2.57. The minimum absolute atomic E-state index is 0.619. The van der Waals surface area contributed by atoms with Gasteiger partial charge in [-0.1, -0.05) is 0 Å². The van der Waals surface area contributed by atoms with Crippen molar-refractivity contribution < 1.29 is 4.74 Å². The van der Waals surface area contributed by atoms with Crippen LogP contribution in [-0.2, 0) is 0 Å². The number of nitrogens with zero attached hydrogens (tertiary/aromatic N) is 3. The third-order valence-corrected chi connectivity index (χ3v) is 3.78. The number of nitrogens with one attached hydrogen (secondary N) is 1. The summed E-state index contributed by atoms with van der Waals surface area (Å²) < 4.78 is 6.31. The number of fused-ring (bicyclic) bond motifs is 1. The van der Waals surface area contributed by atoms with Gasteiger partial charge >= 0.3 is 0 Å². The summed E-state index contributed by atoms with van der Waals surface area (Å²) in [5.41, 5.74) is 1.66. The Morgan fingerprint density at radius 2 is 2.05 bits per heavy atom. The standard InChI is InChI=1S/C15H13BrN4O/c1-17-15-12-11(21-2)6-5-10(16)13(12)19-14(20-15)9-4-3-7-18-8-9/h3-8H,1-2H3,(H,17,19,20). The summed E-state index contributed by atoms with van der Waals surface area (Å²) in [6.07, 6.45) is 3.47. The summed E-state index contributed by atoms with van der Waals surface area (Å²) in [4.78, 5) is 13.3. The molecule has 1 N–H and O–H groups in total. The summed E-state index contributed by atoms with van der Waals surface area (Å²) >= 11 is 3.54. The van der Waals surface area contributed by atoms with Gasteiger partial charge in [0, 0.05) is 29.5 Å². The SMILES string of the molecule is CNc1nc(-c2cccnc2)nc2c(Br)ccc(OC)c12. The smallest absolute Gasteiger partial charge is 0.163 e. The van der Waals surface area contributed by atoms with Gasteiger partial charge in [0.1, 0.15) is 11.6 Å². The van der Waals surface area contributed by atoms with E-state index >= 15 is 0 Å². The lowest BCUT2D eigenvalue weighted by Crippen LogP contribution is -2.01. The highest BCUT2D eigenvalue weighted by molar-refractivity contribution is 9.10. The third kappa shape index (κ3) is 2.42. The van der Waals surface area contributed by atoms with Crippen molar-refractivity contribution in [3.63, 3.8) is 0 Å². The molecule has 5 nitrogen and oxygen atoms in total. The summed E-state index contributed by atoms with van der Waals surface area (Å²) in [6, 6.07) is 7.60. The number of pyridine rings is 1. The van der Waals surface area contributed by atoms with E-state index in [-0.39, 0.29) is 0 Å². The topological polar surface area (TPSA) is 59.9 Å². The number of methoxy groups -OCH3 is 1. The maximum atomic E-state index is 5.42. The molecular formula is C15H13BrN4O. The Kier molecular flexibility index (Phi) is 3.70. The van der Waals surface area contributed by atoms with E-state index in [1.54, 1.807) is 19.5 Å². The predicted octanol–water partition coefficient (Wildman–Crippen LogP) is 3.50. The molecule has 2 heterocycles. The molecule has 3 rings (SSSR count). The van der Waals surface area contributed by atoms with Crippen LogP contribution in [0.5, 0.6) is 5.75 Å². The Morgan fingerprint density at radius 1 is 1.19 bits per heavy atom. The van der Waals surface area contributed by atoms with Crippen LogP contribution in [0.4, 0.5) is 5.82 Å². The van der Waals surface area contributed by atoms with Crippen LogP contribution in [0.3, 0.4) is 0 Å². The monoisotopic (exact) mass is 344 g/mol. The van der Waals surface area contributed by atoms with Crippen molar-refractivity contribution in [2.24, 2.45) is 0 Å². The number of hydrogen-bond acceptors (Lipinski definition) is 5. The Morgan fingerprint density at radius 3 is 2.71 bits per heavy atom. The Balaban J connectivity index is 2.34. The van der Waals surface area contributed by atoms with Crippen LogP contribution in [0.2, 0.25) is 0 Å². The minimum Gasteiger partial charge on any atom is -0.496 e. The fourth-order valence-electron chi connectivity index (χ4n) is 2.15. The Labute approximate surface area is 130 Å². The fraction of sp³-hybridized carbons (Fsp3) is 0.133. The van der Waals surface area contributed by atoms with Gasteiger partial charge in [-0.25, -0.2) is 9.97 Å². The molecule has 0 aliphatic heterocycles. The van der Waals surface area contributed by atoms with Gasteiger partial charge in [-0.15, -0.1) is 0 Å². The average molecular weight is 345 g/mol. The quantitative estimate of drug-likeness (QED) is 0.787. The van der Waals surface area contributed by atoms with Gasteiger partial charge in [0.05, 0.1) is 18.0 Å². The zero-order valence-corrected chi connectivity index (χ0v) is 13.2. The molecule has 3 aromatic rings. The number of hydrogen-bond donors (Lipinski definition) is 1. The van der Waals surface area contributed by atoms with Crippen molar-refractivity contribution >= 4 is 32.7 Å². The highest BCUT2D eigenvalue weighted by Gasteiger charge is 2.15. The second kappa shape index (κ2) is 5.65. The van der Waals surface area contributed by atoms with Crippen LogP contribution in [-0.4, -0.2) is 29.1 Å². The minimum atomic E-state index is 0.619. The lowest BCUT2D eigenvalue weighted by Gasteiger charge is -2.12. The number of benzene rings is 1. The van der Waals surface area contributed by atoms with Crippen molar-refractivity contribution in [2.45, 2.75) is 0 Å². The third-order valence-electron chi connectivity index (χ3n) is 3.14. The average Bonchev–Trinajstić information content (AvgIpc) is 2.55. The number of ether oxygens (including phenoxy) is 1. The molecule has 106 valence electrons. The zero-order valence-electron chi connectivity index (χ0n) is 11.6. The molecule has 0 atom stereocenters. The summed E-state index contributed by atoms with van der Waals surface area (Å²) in [5, 5.41) is 3.96. The molecule has 0 amide bonds. The van der Waals surface area contributed by atoms with Crippen LogP contribution in [0, 0.1) is 0 Å². The van der Waals surface area contributed by atoms with Gasteiger partial charge in [-0.05, 0) is 40.2 Å². The van der Waals surface area contributed by atoms with E-state index in [0.29, 0.717) is 5.82 Å². The molecule has 21 heavy (non-hydrogen) atoms.